The van der Waals surface area contributed by atoms with E-state index in [0.717, 1.165) is 17.1 Å². The maximum Gasteiger partial charge on any atom is 0.0541 e. The Morgan fingerprint density at radius 2 is 1.00 bits per heavy atom. The lowest BCUT2D eigenvalue weighted by molar-refractivity contribution is 0.591. The predicted molar refractivity (Wildman–Crippen MR) is 229 cm³/mol. The van der Waals surface area contributed by atoms with Gasteiger partial charge in [0.2, 0.25) is 0 Å². The smallest absolute Gasteiger partial charge is 0.0541 e. The zero-order chi connectivity index (χ0) is 36.5. The van der Waals surface area contributed by atoms with Gasteiger partial charge in [0.05, 0.1) is 11.0 Å². The topological polar surface area (TPSA) is 8.17 Å². The molecule has 8 rings (SSSR count). The average Bonchev–Trinajstić information content (AvgIpc) is 3.52. The van der Waals surface area contributed by atoms with Crippen LogP contribution in [0.3, 0.4) is 0 Å². The van der Waals surface area contributed by atoms with Gasteiger partial charge in [-0.05, 0) is 124 Å². The molecular formula is C51H44N2. The van der Waals surface area contributed by atoms with E-state index in [2.05, 4.69) is 214 Å². The van der Waals surface area contributed by atoms with E-state index in [-0.39, 0.29) is 5.41 Å². The second kappa shape index (κ2) is 14.0. The van der Waals surface area contributed by atoms with Crippen LogP contribution in [0.1, 0.15) is 38.8 Å². The molecule has 0 amide bonds. The molecule has 0 saturated heterocycles. The molecule has 0 N–H and O–H groups in total. The van der Waals surface area contributed by atoms with E-state index in [4.69, 9.17) is 0 Å². The van der Waals surface area contributed by atoms with Crippen molar-refractivity contribution < 1.29 is 0 Å². The summed E-state index contributed by atoms with van der Waals surface area (Å²) in [6.45, 7) is 12.9. The van der Waals surface area contributed by atoms with Gasteiger partial charge < -0.3 is 9.47 Å². The fraction of sp³-hybridized carbons (Fsp3) is 0.0980. The third kappa shape index (κ3) is 6.61. The fourth-order valence-electron chi connectivity index (χ4n) is 7.35. The lowest BCUT2D eigenvalue weighted by Gasteiger charge is -2.26. The minimum Gasteiger partial charge on any atom is -0.311 e. The molecule has 2 nitrogen and oxygen atoms in total. The molecule has 0 unspecified atom stereocenters. The predicted octanol–water partition coefficient (Wildman–Crippen LogP) is 14.5. The molecule has 0 saturated carbocycles. The van der Waals surface area contributed by atoms with Crippen LogP contribution in [0.5, 0.6) is 0 Å². The lowest BCUT2D eigenvalue weighted by Crippen LogP contribution is -2.10. The van der Waals surface area contributed by atoms with Crippen molar-refractivity contribution in [3.8, 4) is 27.9 Å². The van der Waals surface area contributed by atoms with E-state index in [1.54, 1.807) is 0 Å². The van der Waals surface area contributed by atoms with Crippen molar-refractivity contribution in [3.05, 3.63) is 200 Å². The van der Waals surface area contributed by atoms with Crippen LogP contribution in [0.15, 0.2) is 189 Å². The Bertz CT molecular complexity index is 2560. The summed E-state index contributed by atoms with van der Waals surface area (Å²) in [5, 5.41) is 2.54. The van der Waals surface area contributed by atoms with Gasteiger partial charge in [0.1, 0.15) is 0 Å². The van der Waals surface area contributed by atoms with Crippen molar-refractivity contribution in [2.45, 2.75) is 33.1 Å². The SMILES string of the molecule is C=C/C=C(\C)c1ccc(N(c2ccc(-c3ccccc3)cc2)c2ccc(-c3ccc4c(c3)c3cc(C(C)(C)C)ccc3n4-c3ccccc3)cc2)cc1. The van der Waals surface area contributed by atoms with Gasteiger partial charge in [-0.15, -0.1) is 0 Å². The Morgan fingerprint density at radius 3 is 1.57 bits per heavy atom. The van der Waals surface area contributed by atoms with Crippen molar-refractivity contribution in [2.75, 3.05) is 4.90 Å². The monoisotopic (exact) mass is 684 g/mol. The van der Waals surface area contributed by atoms with E-state index < -0.39 is 0 Å². The Balaban J connectivity index is 1.21. The highest BCUT2D eigenvalue weighted by Gasteiger charge is 2.19. The van der Waals surface area contributed by atoms with Crippen molar-refractivity contribution in [1.82, 2.24) is 4.57 Å². The maximum atomic E-state index is 3.88. The summed E-state index contributed by atoms with van der Waals surface area (Å²) < 4.78 is 2.39. The molecule has 0 bridgehead atoms. The fourth-order valence-corrected chi connectivity index (χ4v) is 7.35. The number of anilines is 3. The summed E-state index contributed by atoms with van der Waals surface area (Å²) in [7, 11) is 0. The molecule has 0 radical (unpaired) electrons. The number of fused-ring (bicyclic) bond motifs is 3. The molecule has 8 aromatic rings. The summed E-state index contributed by atoms with van der Waals surface area (Å²) in [6, 6.07) is 61.8. The number of benzene rings is 7. The molecule has 53 heavy (non-hydrogen) atoms. The molecule has 0 fully saturated rings. The van der Waals surface area contributed by atoms with Crippen molar-refractivity contribution >= 4 is 44.4 Å². The highest BCUT2D eigenvalue weighted by atomic mass is 15.1. The van der Waals surface area contributed by atoms with Crippen LogP contribution in [0, 0.1) is 0 Å². The Labute approximate surface area is 313 Å². The van der Waals surface area contributed by atoms with Crippen LogP contribution < -0.4 is 4.90 Å². The average molecular weight is 685 g/mol. The molecule has 2 heteroatoms. The Kier molecular flexibility index (Phi) is 8.90. The van der Waals surface area contributed by atoms with Gasteiger partial charge in [-0.3, -0.25) is 0 Å². The highest BCUT2D eigenvalue weighted by Crippen LogP contribution is 2.40. The number of aromatic nitrogens is 1. The van der Waals surface area contributed by atoms with Gasteiger partial charge in [-0.1, -0.05) is 137 Å². The molecule has 258 valence electrons. The number of nitrogens with zero attached hydrogens (tertiary/aromatic N) is 2. The first-order valence-corrected chi connectivity index (χ1v) is 18.4. The molecule has 7 aromatic carbocycles. The van der Waals surface area contributed by atoms with Gasteiger partial charge in [0, 0.05) is 33.5 Å². The maximum absolute atomic E-state index is 3.88. The third-order valence-electron chi connectivity index (χ3n) is 10.3. The van der Waals surface area contributed by atoms with E-state index in [1.807, 2.05) is 12.2 Å². The molecule has 0 spiro atoms. The first-order valence-electron chi connectivity index (χ1n) is 18.4. The van der Waals surface area contributed by atoms with Crippen molar-refractivity contribution in [2.24, 2.45) is 0 Å². The second-order valence-corrected chi connectivity index (χ2v) is 14.8. The molecule has 0 aliphatic carbocycles. The first kappa shape index (κ1) is 33.7. The molecule has 1 heterocycles. The summed E-state index contributed by atoms with van der Waals surface area (Å²) in [5.74, 6) is 0. The second-order valence-electron chi connectivity index (χ2n) is 14.8. The van der Waals surface area contributed by atoms with E-state index in [9.17, 15) is 0 Å². The summed E-state index contributed by atoms with van der Waals surface area (Å²) in [5.41, 5.74) is 15.5. The number of hydrogen-bond donors (Lipinski definition) is 0. The van der Waals surface area contributed by atoms with Crippen LogP contribution in [0.4, 0.5) is 17.1 Å². The van der Waals surface area contributed by atoms with E-state index in [0.29, 0.717) is 0 Å². The lowest BCUT2D eigenvalue weighted by atomic mass is 9.86. The Morgan fingerprint density at radius 1 is 0.528 bits per heavy atom. The normalized spacial score (nSPS) is 12.0. The minimum absolute atomic E-state index is 0.0536. The number of allylic oxidation sites excluding steroid dienone is 3. The summed E-state index contributed by atoms with van der Waals surface area (Å²) in [6.07, 6.45) is 3.89. The largest absolute Gasteiger partial charge is 0.311 e. The molecule has 0 aliphatic heterocycles. The number of para-hydroxylation sites is 1. The van der Waals surface area contributed by atoms with Gasteiger partial charge in [0.15, 0.2) is 0 Å². The van der Waals surface area contributed by atoms with E-state index >= 15 is 0 Å². The van der Waals surface area contributed by atoms with Gasteiger partial charge in [-0.25, -0.2) is 0 Å². The van der Waals surface area contributed by atoms with Crippen LogP contribution in [-0.4, -0.2) is 4.57 Å². The molecular weight excluding hydrogens is 641 g/mol. The van der Waals surface area contributed by atoms with Crippen molar-refractivity contribution in [3.63, 3.8) is 0 Å². The quantitative estimate of drug-likeness (QED) is 0.145. The summed E-state index contributed by atoms with van der Waals surface area (Å²) >= 11 is 0. The third-order valence-corrected chi connectivity index (χ3v) is 10.3. The van der Waals surface area contributed by atoms with Crippen LogP contribution in [-0.2, 0) is 5.41 Å². The van der Waals surface area contributed by atoms with Gasteiger partial charge in [0.25, 0.3) is 0 Å². The minimum atomic E-state index is 0.0536. The van der Waals surface area contributed by atoms with Crippen LogP contribution in [0.25, 0.3) is 55.3 Å². The molecule has 0 atom stereocenters. The van der Waals surface area contributed by atoms with Gasteiger partial charge >= 0.3 is 0 Å². The first-order chi connectivity index (χ1) is 25.8. The molecule has 1 aromatic heterocycles. The van der Waals surface area contributed by atoms with Crippen LogP contribution >= 0.6 is 0 Å². The zero-order valence-electron chi connectivity index (χ0n) is 30.9. The zero-order valence-corrected chi connectivity index (χ0v) is 30.9. The number of rotatable bonds is 8. The highest BCUT2D eigenvalue weighted by molar-refractivity contribution is 6.10. The van der Waals surface area contributed by atoms with Crippen LogP contribution in [0.2, 0.25) is 0 Å². The Hall–Kier alpha value is -6.38. The van der Waals surface area contributed by atoms with E-state index in [1.165, 1.54) is 66.4 Å². The van der Waals surface area contributed by atoms with Crippen molar-refractivity contribution in [1.29, 1.82) is 0 Å². The molecule has 0 aliphatic rings. The number of hydrogen-bond acceptors (Lipinski definition) is 1. The standard InChI is InChI=1S/C51H44N2/c1-6-13-36(2)37-18-26-44(27-19-37)52(45-28-20-39(21-29-45)38-14-9-7-10-15-38)46-30-22-40(23-31-46)41-24-32-49-47(34-41)48-35-42(51(3,4)5)25-33-50(48)53(49)43-16-11-8-12-17-43/h6-35H,1H2,2-5H3/b36-13+. The van der Waals surface area contributed by atoms with Gasteiger partial charge in [-0.2, -0.15) is 0 Å². The summed E-state index contributed by atoms with van der Waals surface area (Å²) in [4.78, 5) is 2.33.